The molecule has 0 aliphatic heterocycles. The molecule has 0 aromatic heterocycles. The molecule has 0 aromatic rings. The summed E-state index contributed by atoms with van der Waals surface area (Å²) in [6, 6.07) is 0. The Bertz CT molecular complexity index is 166. The first-order chi connectivity index (χ1) is 5.35. The summed E-state index contributed by atoms with van der Waals surface area (Å²) in [4.78, 5) is 0. The van der Waals surface area contributed by atoms with Crippen molar-refractivity contribution in [3.63, 3.8) is 0 Å². The van der Waals surface area contributed by atoms with Crippen molar-refractivity contribution in [2.75, 3.05) is 13.7 Å². The molecule has 11 heavy (non-hydrogen) atoms. The second-order valence-corrected chi connectivity index (χ2v) is 1.49. The molecule has 0 aliphatic carbocycles. The lowest BCUT2D eigenvalue weighted by Crippen LogP contribution is -1.85. The predicted molar refractivity (Wildman–Crippen MR) is 41.5 cm³/mol. The molecule has 0 saturated heterocycles. The number of hydrogen-bond acceptors (Lipinski definition) is 3. The minimum atomic E-state index is 0.230. The molecule has 0 saturated carbocycles. The second kappa shape index (κ2) is 6.78. The largest absolute Gasteiger partial charge is 0.493 e. The Hall–Kier alpha value is -1.34. The van der Waals surface area contributed by atoms with Crippen LogP contribution in [0.3, 0.4) is 0 Å². The van der Waals surface area contributed by atoms with E-state index in [9.17, 15) is 0 Å². The Morgan fingerprint density at radius 3 is 2.82 bits per heavy atom. The van der Waals surface area contributed by atoms with Gasteiger partial charge < -0.3 is 14.2 Å². The van der Waals surface area contributed by atoms with E-state index >= 15 is 0 Å². The predicted octanol–water partition coefficient (Wildman–Crippen LogP) is 1.78. The Kier molecular flexibility index (Phi) is 5.95. The van der Waals surface area contributed by atoms with Gasteiger partial charge in [0.05, 0.1) is 20.0 Å². The summed E-state index contributed by atoms with van der Waals surface area (Å²) in [5, 5.41) is 0. The van der Waals surface area contributed by atoms with E-state index in [0.29, 0.717) is 6.61 Å². The lowest BCUT2D eigenvalue weighted by molar-refractivity contribution is 0.121. The summed E-state index contributed by atoms with van der Waals surface area (Å²) in [7, 11) is 1.48. The molecule has 0 radical (unpaired) electrons. The molecule has 0 heterocycles. The van der Waals surface area contributed by atoms with Crippen LogP contribution in [-0.2, 0) is 14.2 Å². The van der Waals surface area contributed by atoms with Crippen LogP contribution in [0, 0.1) is 0 Å². The van der Waals surface area contributed by atoms with Gasteiger partial charge in [-0.1, -0.05) is 6.58 Å². The van der Waals surface area contributed by atoms with Crippen LogP contribution < -0.4 is 0 Å². The zero-order valence-corrected chi connectivity index (χ0v) is 6.79. The van der Waals surface area contributed by atoms with Crippen molar-refractivity contribution in [1.82, 2.24) is 0 Å². The molecule has 0 spiro atoms. The molecule has 3 heteroatoms. The lowest BCUT2D eigenvalue weighted by Gasteiger charge is -1.98. The van der Waals surface area contributed by atoms with Gasteiger partial charge in [-0.3, -0.25) is 0 Å². The average molecular weight is 156 g/mol. The maximum Gasteiger partial charge on any atom is 0.335 e. The highest BCUT2D eigenvalue weighted by Crippen LogP contribution is 1.94. The summed E-state index contributed by atoms with van der Waals surface area (Å²) in [6.07, 6.45) is 2.63. The van der Waals surface area contributed by atoms with Crippen molar-refractivity contribution in [2.24, 2.45) is 0 Å². The van der Waals surface area contributed by atoms with E-state index in [0.717, 1.165) is 0 Å². The number of methoxy groups -OCH3 is 1. The minimum Gasteiger partial charge on any atom is -0.493 e. The topological polar surface area (TPSA) is 27.7 Å². The first kappa shape index (κ1) is 9.66. The molecule has 0 fully saturated rings. The van der Waals surface area contributed by atoms with E-state index in [1.54, 1.807) is 0 Å². The summed E-state index contributed by atoms with van der Waals surface area (Å²) < 4.78 is 14.4. The summed E-state index contributed by atoms with van der Waals surface area (Å²) in [6.45, 7) is 5.83. The van der Waals surface area contributed by atoms with Gasteiger partial charge in [0.1, 0.15) is 6.26 Å². The third-order valence-corrected chi connectivity index (χ3v) is 0.803. The SMILES string of the molecule is C=COC(=C=COCC)OC. The summed E-state index contributed by atoms with van der Waals surface area (Å²) in [5.41, 5.74) is 2.62. The summed E-state index contributed by atoms with van der Waals surface area (Å²) >= 11 is 0. The molecule has 0 atom stereocenters. The first-order valence-electron chi connectivity index (χ1n) is 3.23. The fourth-order valence-corrected chi connectivity index (χ4v) is 0.390. The molecular weight excluding hydrogens is 144 g/mol. The van der Waals surface area contributed by atoms with Crippen LogP contribution in [0.1, 0.15) is 6.92 Å². The molecule has 3 nitrogen and oxygen atoms in total. The molecule has 0 aliphatic rings. The van der Waals surface area contributed by atoms with Crippen LogP contribution in [0.25, 0.3) is 0 Å². The van der Waals surface area contributed by atoms with Gasteiger partial charge in [-0.05, 0) is 6.92 Å². The van der Waals surface area contributed by atoms with Crippen LogP contribution in [0.2, 0.25) is 0 Å². The van der Waals surface area contributed by atoms with Gasteiger partial charge >= 0.3 is 5.95 Å². The molecule has 0 N–H and O–H groups in total. The first-order valence-corrected chi connectivity index (χ1v) is 3.23. The van der Waals surface area contributed by atoms with Crippen molar-refractivity contribution in [3.8, 4) is 0 Å². The molecule has 0 amide bonds. The molecule has 0 unspecified atom stereocenters. The van der Waals surface area contributed by atoms with E-state index in [4.69, 9.17) is 14.2 Å². The Morgan fingerprint density at radius 2 is 2.36 bits per heavy atom. The molecule has 62 valence electrons. The number of rotatable bonds is 5. The Balaban J connectivity index is 3.97. The zero-order chi connectivity index (χ0) is 8.53. The maximum atomic E-state index is 4.86. The van der Waals surface area contributed by atoms with Crippen LogP contribution in [0.4, 0.5) is 0 Å². The summed E-state index contributed by atoms with van der Waals surface area (Å²) in [5.74, 6) is 0.230. The van der Waals surface area contributed by atoms with Crippen molar-refractivity contribution < 1.29 is 14.2 Å². The monoisotopic (exact) mass is 156 g/mol. The maximum absolute atomic E-state index is 4.86. The molecular formula is C8H12O3. The van der Waals surface area contributed by atoms with Crippen LogP contribution in [0.15, 0.2) is 30.8 Å². The highest BCUT2D eigenvalue weighted by atomic mass is 16.7. The average Bonchev–Trinajstić information content (AvgIpc) is 2.03. The highest BCUT2D eigenvalue weighted by molar-refractivity contribution is 4.82. The highest BCUT2D eigenvalue weighted by Gasteiger charge is 1.87. The van der Waals surface area contributed by atoms with Crippen LogP contribution in [0.5, 0.6) is 0 Å². The Morgan fingerprint density at radius 1 is 1.64 bits per heavy atom. The second-order valence-electron chi connectivity index (χ2n) is 1.49. The van der Waals surface area contributed by atoms with Crippen molar-refractivity contribution >= 4 is 0 Å². The van der Waals surface area contributed by atoms with E-state index in [1.807, 2.05) is 6.92 Å². The van der Waals surface area contributed by atoms with Gasteiger partial charge in [-0.2, -0.15) is 0 Å². The standard InChI is InChI=1S/C8H12O3/c1-4-10-7-6-8(9-3)11-5-2/h5,7H,2,4H2,1,3H3. The van der Waals surface area contributed by atoms with E-state index < -0.39 is 0 Å². The molecule has 0 rings (SSSR count). The molecule has 0 aromatic carbocycles. The minimum absolute atomic E-state index is 0.230. The van der Waals surface area contributed by atoms with Gasteiger partial charge in [-0.25, -0.2) is 0 Å². The lowest BCUT2D eigenvalue weighted by atomic mass is 10.8. The van der Waals surface area contributed by atoms with Gasteiger partial charge in [0.15, 0.2) is 0 Å². The number of ether oxygens (including phenoxy) is 3. The van der Waals surface area contributed by atoms with Crippen molar-refractivity contribution in [1.29, 1.82) is 0 Å². The van der Waals surface area contributed by atoms with Gasteiger partial charge in [0.25, 0.3) is 0 Å². The third kappa shape index (κ3) is 5.12. The van der Waals surface area contributed by atoms with Gasteiger partial charge in [-0.15, -0.1) is 0 Å². The van der Waals surface area contributed by atoms with E-state index in [2.05, 4.69) is 12.3 Å². The molecule has 0 bridgehead atoms. The van der Waals surface area contributed by atoms with E-state index in [1.165, 1.54) is 19.6 Å². The normalized spacial score (nSPS) is 7.45. The fourth-order valence-electron chi connectivity index (χ4n) is 0.390. The third-order valence-electron chi connectivity index (χ3n) is 0.803. The van der Waals surface area contributed by atoms with Gasteiger partial charge in [0.2, 0.25) is 0 Å². The van der Waals surface area contributed by atoms with Gasteiger partial charge in [0, 0.05) is 5.73 Å². The quantitative estimate of drug-likeness (QED) is 0.448. The van der Waals surface area contributed by atoms with Crippen molar-refractivity contribution in [3.05, 3.63) is 30.8 Å². The zero-order valence-electron chi connectivity index (χ0n) is 6.79. The fraction of sp³-hybridized carbons (Fsp3) is 0.375. The van der Waals surface area contributed by atoms with Crippen LogP contribution in [-0.4, -0.2) is 13.7 Å². The van der Waals surface area contributed by atoms with E-state index in [-0.39, 0.29) is 5.95 Å². The Labute approximate surface area is 66.6 Å². The van der Waals surface area contributed by atoms with Crippen LogP contribution >= 0.6 is 0 Å². The number of hydrogen-bond donors (Lipinski definition) is 0. The van der Waals surface area contributed by atoms with Crippen molar-refractivity contribution in [2.45, 2.75) is 6.92 Å². The smallest absolute Gasteiger partial charge is 0.335 e.